The zero-order valence-electron chi connectivity index (χ0n) is 10.2. The van der Waals surface area contributed by atoms with E-state index in [1.165, 1.54) is 25.7 Å². The fourth-order valence-electron chi connectivity index (χ4n) is 2.87. The second-order valence-corrected chi connectivity index (χ2v) is 4.89. The minimum atomic E-state index is 0.244. The van der Waals surface area contributed by atoms with Crippen molar-refractivity contribution in [3.05, 3.63) is 0 Å². The average Bonchev–Trinajstić information content (AvgIpc) is 2.83. The molecule has 2 rings (SSSR count). The van der Waals surface area contributed by atoms with Crippen molar-refractivity contribution in [1.82, 2.24) is 15.1 Å². The molecule has 0 aromatic rings. The van der Waals surface area contributed by atoms with E-state index in [1.807, 2.05) is 11.9 Å². The first-order valence-electron chi connectivity index (χ1n) is 6.47. The Morgan fingerprint density at radius 1 is 1.19 bits per heavy atom. The molecule has 0 spiro atoms. The van der Waals surface area contributed by atoms with Crippen molar-refractivity contribution < 1.29 is 4.79 Å². The lowest BCUT2D eigenvalue weighted by Gasteiger charge is -2.38. The molecule has 0 atom stereocenters. The van der Waals surface area contributed by atoms with Crippen LogP contribution in [0, 0.1) is 0 Å². The molecule has 1 saturated carbocycles. The normalized spacial score (nSPS) is 23.9. The molecule has 92 valence electrons. The molecule has 0 aromatic carbocycles. The Morgan fingerprint density at radius 3 is 2.38 bits per heavy atom. The van der Waals surface area contributed by atoms with Crippen molar-refractivity contribution in [2.75, 3.05) is 39.8 Å². The van der Waals surface area contributed by atoms with E-state index in [0.717, 1.165) is 32.2 Å². The van der Waals surface area contributed by atoms with Gasteiger partial charge in [-0.05, 0) is 19.9 Å². The molecule has 1 saturated heterocycles. The number of carbonyl (C=O) groups excluding carboxylic acids is 1. The molecule has 1 amide bonds. The molecule has 0 unspecified atom stereocenters. The van der Waals surface area contributed by atoms with Gasteiger partial charge in [0.25, 0.3) is 0 Å². The second kappa shape index (κ2) is 5.64. The minimum Gasteiger partial charge on any atom is -0.339 e. The van der Waals surface area contributed by atoms with Crippen molar-refractivity contribution in [3.8, 4) is 0 Å². The molecule has 1 aliphatic heterocycles. The molecule has 16 heavy (non-hydrogen) atoms. The van der Waals surface area contributed by atoms with Gasteiger partial charge in [-0.15, -0.1) is 0 Å². The molecule has 4 nitrogen and oxygen atoms in total. The van der Waals surface area contributed by atoms with Crippen molar-refractivity contribution >= 4 is 5.91 Å². The monoisotopic (exact) mass is 225 g/mol. The van der Waals surface area contributed by atoms with E-state index in [-0.39, 0.29) is 5.91 Å². The molecule has 2 fully saturated rings. The van der Waals surface area contributed by atoms with Gasteiger partial charge in [0.2, 0.25) is 5.91 Å². The van der Waals surface area contributed by atoms with Gasteiger partial charge in [-0.25, -0.2) is 0 Å². The topological polar surface area (TPSA) is 35.6 Å². The summed E-state index contributed by atoms with van der Waals surface area (Å²) in [6.45, 7) is 4.44. The lowest BCUT2D eigenvalue weighted by Crippen LogP contribution is -2.52. The molecule has 1 heterocycles. The highest BCUT2D eigenvalue weighted by Crippen LogP contribution is 2.24. The van der Waals surface area contributed by atoms with Crippen LogP contribution in [-0.2, 0) is 4.79 Å². The number of carbonyl (C=O) groups is 1. The second-order valence-electron chi connectivity index (χ2n) is 4.89. The number of nitrogens with zero attached hydrogens (tertiary/aromatic N) is 2. The van der Waals surface area contributed by atoms with E-state index in [9.17, 15) is 4.79 Å². The van der Waals surface area contributed by atoms with Crippen LogP contribution in [0.4, 0.5) is 0 Å². The van der Waals surface area contributed by atoms with Crippen LogP contribution in [0.15, 0.2) is 0 Å². The van der Waals surface area contributed by atoms with Gasteiger partial charge in [-0.3, -0.25) is 9.69 Å². The van der Waals surface area contributed by atoms with Gasteiger partial charge >= 0.3 is 0 Å². The Bertz CT molecular complexity index is 230. The van der Waals surface area contributed by atoms with Gasteiger partial charge in [0.1, 0.15) is 0 Å². The smallest absolute Gasteiger partial charge is 0.236 e. The quantitative estimate of drug-likeness (QED) is 0.750. The Kier molecular flexibility index (Phi) is 4.18. The van der Waals surface area contributed by atoms with Gasteiger partial charge in [-0.2, -0.15) is 0 Å². The van der Waals surface area contributed by atoms with Gasteiger partial charge in [0.15, 0.2) is 0 Å². The summed E-state index contributed by atoms with van der Waals surface area (Å²) in [5, 5.41) is 2.93. The number of rotatable bonds is 3. The summed E-state index contributed by atoms with van der Waals surface area (Å²) in [5.41, 5.74) is 0. The summed E-state index contributed by atoms with van der Waals surface area (Å²) in [7, 11) is 1.83. The molecular weight excluding hydrogens is 202 g/mol. The van der Waals surface area contributed by atoms with E-state index in [4.69, 9.17) is 0 Å². The third kappa shape index (κ3) is 2.74. The standard InChI is InChI=1S/C12H23N3O/c1-13-10-12(16)15-8-6-14(7-9-15)11-4-2-3-5-11/h11,13H,2-10H2,1H3. The van der Waals surface area contributed by atoms with Crippen molar-refractivity contribution in [2.24, 2.45) is 0 Å². The van der Waals surface area contributed by atoms with E-state index in [1.54, 1.807) is 0 Å². The third-order valence-electron chi connectivity index (χ3n) is 3.84. The van der Waals surface area contributed by atoms with Crippen LogP contribution in [-0.4, -0.2) is 61.5 Å². The van der Waals surface area contributed by atoms with Gasteiger partial charge < -0.3 is 10.2 Å². The van der Waals surface area contributed by atoms with Crippen LogP contribution in [0.25, 0.3) is 0 Å². The molecule has 2 aliphatic rings. The van der Waals surface area contributed by atoms with Gasteiger partial charge in [0.05, 0.1) is 6.54 Å². The fourth-order valence-corrected chi connectivity index (χ4v) is 2.87. The zero-order valence-corrected chi connectivity index (χ0v) is 10.2. The number of hydrogen-bond acceptors (Lipinski definition) is 3. The number of piperazine rings is 1. The average molecular weight is 225 g/mol. The molecule has 0 radical (unpaired) electrons. The summed E-state index contributed by atoms with van der Waals surface area (Å²) in [4.78, 5) is 16.2. The number of hydrogen-bond donors (Lipinski definition) is 1. The maximum Gasteiger partial charge on any atom is 0.236 e. The highest BCUT2D eigenvalue weighted by molar-refractivity contribution is 5.78. The van der Waals surface area contributed by atoms with Crippen molar-refractivity contribution in [1.29, 1.82) is 0 Å². The first kappa shape index (κ1) is 11.9. The molecule has 1 aliphatic carbocycles. The van der Waals surface area contributed by atoms with Gasteiger partial charge in [0, 0.05) is 32.2 Å². The summed E-state index contributed by atoms with van der Waals surface area (Å²) in [6.07, 6.45) is 5.52. The number of nitrogens with one attached hydrogen (secondary N) is 1. The predicted molar refractivity (Wildman–Crippen MR) is 64.3 cm³/mol. The molecule has 1 N–H and O–H groups in total. The van der Waals surface area contributed by atoms with Crippen LogP contribution in [0.2, 0.25) is 0 Å². The van der Waals surface area contributed by atoms with Crippen molar-refractivity contribution in [2.45, 2.75) is 31.7 Å². The maximum absolute atomic E-state index is 11.7. The molecular formula is C12H23N3O. The summed E-state index contributed by atoms with van der Waals surface area (Å²) in [5.74, 6) is 0.244. The Hall–Kier alpha value is -0.610. The first-order valence-corrected chi connectivity index (χ1v) is 6.47. The summed E-state index contributed by atoms with van der Waals surface area (Å²) >= 11 is 0. The van der Waals surface area contributed by atoms with Crippen LogP contribution in [0.5, 0.6) is 0 Å². The third-order valence-corrected chi connectivity index (χ3v) is 3.84. The molecule has 0 aromatic heterocycles. The summed E-state index contributed by atoms with van der Waals surface area (Å²) < 4.78 is 0. The van der Waals surface area contributed by atoms with Crippen molar-refractivity contribution in [3.63, 3.8) is 0 Å². The van der Waals surface area contributed by atoms with E-state index in [0.29, 0.717) is 6.54 Å². The predicted octanol–water partition coefficient (Wildman–Crippen LogP) is 0.293. The van der Waals surface area contributed by atoms with Gasteiger partial charge in [-0.1, -0.05) is 12.8 Å². The lowest BCUT2D eigenvalue weighted by molar-refractivity contribution is -0.132. The van der Waals surface area contributed by atoms with Crippen LogP contribution >= 0.6 is 0 Å². The summed E-state index contributed by atoms with van der Waals surface area (Å²) in [6, 6.07) is 0.807. The molecule has 0 bridgehead atoms. The molecule has 4 heteroatoms. The Labute approximate surface area is 98.0 Å². The lowest BCUT2D eigenvalue weighted by atomic mass is 10.2. The SMILES string of the molecule is CNCC(=O)N1CCN(C2CCCC2)CC1. The van der Waals surface area contributed by atoms with Crippen LogP contribution in [0.1, 0.15) is 25.7 Å². The van der Waals surface area contributed by atoms with E-state index >= 15 is 0 Å². The fraction of sp³-hybridized carbons (Fsp3) is 0.917. The van der Waals surface area contributed by atoms with Crippen LogP contribution in [0.3, 0.4) is 0 Å². The maximum atomic E-state index is 11.7. The Morgan fingerprint density at radius 2 is 1.81 bits per heavy atom. The van der Waals surface area contributed by atoms with Crippen LogP contribution < -0.4 is 5.32 Å². The minimum absolute atomic E-state index is 0.244. The highest BCUT2D eigenvalue weighted by Gasteiger charge is 2.27. The van der Waals surface area contributed by atoms with E-state index in [2.05, 4.69) is 10.2 Å². The first-order chi connectivity index (χ1) is 7.81. The largest absolute Gasteiger partial charge is 0.339 e. The zero-order chi connectivity index (χ0) is 11.4. The van der Waals surface area contributed by atoms with E-state index < -0.39 is 0 Å². The highest BCUT2D eigenvalue weighted by atomic mass is 16.2. The number of likely N-dealkylation sites (N-methyl/N-ethyl adjacent to an activating group) is 1. The Balaban J connectivity index is 1.75. The number of amides is 1.